The molecule has 3 aromatic rings. The van der Waals surface area contributed by atoms with Gasteiger partial charge in [-0.2, -0.15) is 0 Å². The fourth-order valence-electron chi connectivity index (χ4n) is 3.51. The molecule has 9 heteroatoms. The van der Waals surface area contributed by atoms with E-state index in [1.54, 1.807) is 37.2 Å². The highest BCUT2D eigenvalue weighted by atomic mass is 79.9. The van der Waals surface area contributed by atoms with Crippen LogP contribution in [0.2, 0.25) is 0 Å². The Labute approximate surface area is 182 Å². The lowest BCUT2D eigenvalue weighted by Crippen LogP contribution is -2.35. The third-order valence-electron chi connectivity index (χ3n) is 5.09. The maximum Gasteiger partial charge on any atom is 0.289 e. The molecular weight excluding hydrogens is 450 g/mol. The Morgan fingerprint density at radius 2 is 2.10 bits per heavy atom. The van der Waals surface area contributed by atoms with E-state index in [1.807, 2.05) is 17.0 Å². The van der Waals surface area contributed by atoms with Crippen LogP contribution in [0.15, 0.2) is 45.6 Å². The van der Waals surface area contributed by atoms with Gasteiger partial charge < -0.3 is 14.2 Å². The Balaban J connectivity index is 1.52. The molecule has 0 spiro atoms. The summed E-state index contributed by atoms with van der Waals surface area (Å²) in [7, 11) is 3.38. The third kappa shape index (κ3) is 4.16. The van der Waals surface area contributed by atoms with Gasteiger partial charge in [0.1, 0.15) is 5.58 Å². The molecular formula is C21H22BrN5O3. The van der Waals surface area contributed by atoms with Gasteiger partial charge in [-0.1, -0.05) is 11.3 Å². The van der Waals surface area contributed by atoms with Gasteiger partial charge in [0.15, 0.2) is 5.76 Å². The lowest BCUT2D eigenvalue weighted by molar-refractivity contribution is -0.131. The topological polar surface area (TPSA) is 84.5 Å². The number of fused-ring (bicyclic) bond motifs is 1. The zero-order chi connectivity index (χ0) is 21.3. The molecule has 4 rings (SSSR count). The summed E-state index contributed by atoms with van der Waals surface area (Å²) in [6, 6.07) is 5.74. The first-order valence-corrected chi connectivity index (χ1v) is 10.5. The van der Waals surface area contributed by atoms with Gasteiger partial charge >= 0.3 is 0 Å². The van der Waals surface area contributed by atoms with Crippen molar-refractivity contribution in [2.75, 3.05) is 27.2 Å². The summed E-state index contributed by atoms with van der Waals surface area (Å²) in [6.45, 7) is 1.77. The molecule has 0 aliphatic carbocycles. The van der Waals surface area contributed by atoms with Gasteiger partial charge in [0.25, 0.3) is 5.91 Å². The highest BCUT2D eigenvalue weighted by molar-refractivity contribution is 9.10. The lowest BCUT2D eigenvalue weighted by atomic mass is 9.99. The molecule has 0 unspecified atom stereocenters. The van der Waals surface area contributed by atoms with Crippen molar-refractivity contribution in [2.45, 2.75) is 19.4 Å². The fourth-order valence-corrected chi connectivity index (χ4v) is 4.06. The lowest BCUT2D eigenvalue weighted by Gasteiger charge is -2.28. The molecule has 0 saturated carbocycles. The zero-order valence-electron chi connectivity index (χ0n) is 16.8. The summed E-state index contributed by atoms with van der Waals surface area (Å²) >= 11 is 3.56. The van der Waals surface area contributed by atoms with Gasteiger partial charge in [0.2, 0.25) is 5.91 Å². The number of benzene rings is 1. The van der Waals surface area contributed by atoms with E-state index in [0.717, 1.165) is 27.4 Å². The fraction of sp³-hybridized carbons (Fsp3) is 0.333. The van der Waals surface area contributed by atoms with E-state index >= 15 is 0 Å². The number of nitrogens with zero attached hydrogens (tertiary/aromatic N) is 5. The number of carbonyl (C=O) groups is 2. The standard InChI is InChI=1S/C21H22BrN5O3/c1-25(2)21(29)18-12-16-10-15(11-17(22)20(16)30-18)14-4-3-7-26(13-14)19(28)5-8-27-9-6-23-24-27/h4,6,9-12H,3,5,7-8,13H2,1-2H3. The average molecular weight is 472 g/mol. The summed E-state index contributed by atoms with van der Waals surface area (Å²) < 4.78 is 8.20. The highest BCUT2D eigenvalue weighted by Crippen LogP contribution is 2.33. The molecule has 0 N–H and O–H groups in total. The van der Waals surface area contributed by atoms with Crippen LogP contribution < -0.4 is 0 Å². The normalized spacial score (nSPS) is 14.1. The van der Waals surface area contributed by atoms with E-state index in [0.29, 0.717) is 37.4 Å². The molecule has 30 heavy (non-hydrogen) atoms. The second kappa shape index (κ2) is 8.43. The first kappa shape index (κ1) is 20.3. The molecule has 1 aliphatic heterocycles. The first-order valence-electron chi connectivity index (χ1n) is 9.68. The maximum absolute atomic E-state index is 12.7. The third-order valence-corrected chi connectivity index (χ3v) is 5.68. The molecule has 0 fully saturated rings. The smallest absolute Gasteiger partial charge is 0.289 e. The molecule has 0 radical (unpaired) electrons. The van der Waals surface area contributed by atoms with Crippen LogP contribution in [-0.4, -0.2) is 63.8 Å². The van der Waals surface area contributed by atoms with E-state index in [1.165, 1.54) is 4.90 Å². The quantitative estimate of drug-likeness (QED) is 0.570. The molecule has 2 aromatic heterocycles. The van der Waals surface area contributed by atoms with Crippen LogP contribution in [-0.2, 0) is 11.3 Å². The van der Waals surface area contributed by atoms with Crippen molar-refractivity contribution in [3.8, 4) is 0 Å². The van der Waals surface area contributed by atoms with Crippen molar-refractivity contribution >= 4 is 44.3 Å². The summed E-state index contributed by atoms with van der Waals surface area (Å²) in [5, 5.41) is 8.51. The summed E-state index contributed by atoms with van der Waals surface area (Å²) in [5.41, 5.74) is 2.73. The predicted octanol–water partition coefficient (Wildman–Crippen LogP) is 3.19. The Morgan fingerprint density at radius 1 is 1.27 bits per heavy atom. The number of hydrogen-bond donors (Lipinski definition) is 0. The molecule has 2 amide bonds. The number of aromatic nitrogens is 3. The van der Waals surface area contributed by atoms with Gasteiger partial charge in [-0.25, -0.2) is 0 Å². The molecule has 0 atom stereocenters. The number of hydrogen-bond acceptors (Lipinski definition) is 5. The molecule has 0 bridgehead atoms. The molecule has 0 saturated heterocycles. The van der Waals surface area contributed by atoms with Crippen LogP contribution in [0.25, 0.3) is 16.5 Å². The number of aryl methyl sites for hydroxylation is 1. The molecule has 8 nitrogen and oxygen atoms in total. The molecule has 3 heterocycles. The van der Waals surface area contributed by atoms with E-state index in [2.05, 4.69) is 32.3 Å². The van der Waals surface area contributed by atoms with E-state index < -0.39 is 0 Å². The van der Waals surface area contributed by atoms with Crippen LogP contribution in [0.4, 0.5) is 0 Å². The minimum atomic E-state index is -0.180. The Morgan fingerprint density at radius 3 is 2.83 bits per heavy atom. The average Bonchev–Trinajstić information content (AvgIpc) is 3.41. The zero-order valence-corrected chi connectivity index (χ0v) is 18.4. The SMILES string of the molecule is CN(C)C(=O)c1cc2cc(C3=CCCN(C(=O)CCn4ccnn4)C3)cc(Br)c2o1. The number of amides is 2. The van der Waals surface area contributed by atoms with E-state index in [-0.39, 0.29) is 11.8 Å². The Kier molecular flexibility index (Phi) is 5.72. The minimum Gasteiger partial charge on any atom is -0.450 e. The monoisotopic (exact) mass is 471 g/mol. The van der Waals surface area contributed by atoms with Crippen molar-refractivity contribution < 1.29 is 14.0 Å². The second-order valence-corrected chi connectivity index (χ2v) is 8.29. The van der Waals surface area contributed by atoms with Crippen LogP contribution in [0, 0.1) is 0 Å². The number of carbonyl (C=O) groups excluding carboxylic acids is 2. The van der Waals surface area contributed by atoms with Gasteiger partial charge in [-0.15, -0.1) is 5.10 Å². The Bertz CT molecular complexity index is 1120. The summed E-state index contributed by atoms with van der Waals surface area (Å²) in [5.74, 6) is 0.217. The van der Waals surface area contributed by atoms with E-state index in [4.69, 9.17) is 4.42 Å². The van der Waals surface area contributed by atoms with Crippen molar-refractivity contribution in [1.82, 2.24) is 24.8 Å². The minimum absolute atomic E-state index is 0.0958. The van der Waals surface area contributed by atoms with Gasteiger partial charge in [-0.3, -0.25) is 14.3 Å². The summed E-state index contributed by atoms with van der Waals surface area (Å²) in [4.78, 5) is 28.3. The van der Waals surface area contributed by atoms with Crippen LogP contribution in [0.3, 0.4) is 0 Å². The largest absolute Gasteiger partial charge is 0.450 e. The molecule has 156 valence electrons. The molecule has 1 aromatic carbocycles. The predicted molar refractivity (Wildman–Crippen MR) is 116 cm³/mol. The second-order valence-electron chi connectivity index (χ2n) is 7.44. The van der Waals surface area contributed by atoms with Gasteiger partial charge in [0.05, 0.1) is 17.2 Å². The van der Waals surface area contributed by atoms with Crippen molar-refractivity contribution in [2.24, 2.45) is 0 Å². The maximum atomic E-state index is 12.7. The van der Waals surface area contributed by atoms with Crippen LogP contribution in [0.1, 0.15) is 29.0 Å². The first-order chi connectivity index (χ1) is 14.4. The Hall–Kier alpha value is -2.94. The van der Waals surface area contributed by atoms with Crippen molar-refractivity contribution in [1.29, 1.82) is 0 Å². The molecule has 1 aliphatic rings. The van der Waals surface area contributed by atoms with Gasteiger partial charge in [-0.05, 0) is 51.7 Å². The highest BCUT2D eigenvalue weighted by Gasteiger charge is 2.21. The summed E-state index contributed by atoms with van der Waals surface area (Å²) in [6.07, 6.45) is 6.71. The number of rotatable bonds is 5. The van der Waals surface area contributed by atoms with Gasteiger partial charge in [0, 0.05) is 45.2 Å². The number of furan rings is 1. The van der Waals surface area contributed by atoms with E-state index in [9.17, 15) is 9.59 Å². The van der Waals surface area contributed by atoms with Crippen molar-refractivity contribution in [3.05, 3.63) is 52.5 Å². The van der Waals surface area contributed by atoms with Crippen LogP contribution in [0.5, 0.6) is 0 Å². The van der Waals surface area contributed by atoms with Crippen LogP contribution >= 0.6 is 15.9 Å². The van der Waals surface area contributed by atoms with Crippen molar-refractivity contribution in [3.63, 3.8) is 0 Å². The number of halogens is 1.